The maximum Gasteiger partial charge on any atom is 0.311 e. The van der Waals surface area contributed by atoms with Crippen molar-refractivity contribution in [2.24, 2.45) is 28.8 Å². The van der Waals surface area contributed by atoms with Crippen molar-refractivity contribution in [1.29, 1.82) is 0 Å². The summed E-state index contributed by atoms with van der Waals surface area (Å²) in [5.41, 5.74) is -1.42. The first-order valence-electron chi connectivity index (χ1n) is 27.4. The highest BCUT2D eigenvalue weighted by atomic mass is 16.7. The van der Waals surface area contributed by atoms with Gasteiger partial charge in [-0.2, -0.15) is 0 Å². The van der Waals surface area contributed by atoms with Crippen LogP contribution in [0.4, 0.5) is 0 Å². The Morgan fingerprint density at radius 2 is 1.57 bits per heavy atom. The van der Waals surface area contributed by atoms with Gasteiger partial charge in [0.15, 0.2) is 12.6 Å². The topological polar surface area (TPSA) is 203 Å². The first-order valence-corrected chi connectivity index (χ1v) is 27.4. The lowest BCUT2D eigenvalue weighted by molar-refractivity contribution is -0.319. The summed E-state index contributed by atoms with van der Waals surface area (Å²) in [4.78, 5) is 25.3. The summed E-state index contributed by atoms with van der Waals surface area (Å²) in [6.45, 7) is 31.2. The number of likely N-dealkylation sites (N-methyl/N-ethyl adjacent to an activating group) is 1. The number of ether oxygens (including phenoxy) is 7. The molecule has 19 atom stereocenters. The third kappa shape index (κ3) is 15.1. The van der Waals surface area contributed by atoms with E-state index in [0.717, 1.165) is 31.7 Å². The molecule has 4 aliphatic rings. The minimum atomic E-state index is -1.93. The predicted molar refractivity (Wildman–Crippen MR) is 285 cm³/mol. The number of cyclic esters (lactones) is 1. The highest BCUT2D eigenvalue weighted by Gasteiger charge is 2.54. The van der Waals surface area contributed by atoms with Gasteiger partial charge in [-0.15, -0.1) is 0 Å². The van der Waals surface area contributed by atoms with Crippen molar-refractivity contribution in [3.8, 4) is 0 Å². The fourth-order valence-electron chi connectivity index (χ4n) is 11.8. The summed E-state index contributed by atoms with van der Waals surface area (Å²) in [6, 6.07) is 8.64. The molecule has 17 nitrogen and oxygen atoms in total. The maximum atomic E-state index is 14.7. The molecule has 1 unspecified atom stereocenters. The molecule has 5 rings (SSSR count). The van der Waals surface area contributed by atoms with E-state index in [1.165, 1.54) is 19.6 Å². The van der Waals surface area contributed by atoms with Crippen molar-refractivity contribution >= 4 is 11.7 Å². The Balaban J connectivity index is 1.57. The monoisotopic (exact) mass is 1050 g/mol. The number of carbonyl (C=O) groups excluding carboxylic acids is 1. The van der Waals surface area contributed by atoms with E-state index in [1.54, 1.807) is 41.7 Å². The van der Waals surface area contributed by atoms with Gasteiger partial charge in [-0.1, -0.05) is 84.0 Å². The molecule has 74 heavy (non-hydrogen) atoms. The predicted octanol–water partition coefficient (Wildman–Crippen LogP) is 5.96. The number of oxime groups is 1. The van der Waals surface area contributed by atoms with Crippen LogP contribution < -0.4 is 5.32 Å². The number of aliphatic hydroxyl groups is 4. The Bertz CT molecular complexity index is 1970. The van der Waals surface area contributed by atoms with Crippen LogP contribution in [0.15, 0.2) is 41.6 Å². The second kappa shape index (κ2) is 26.4. The number of nitrogens with one attached hydrogen (secondary N) is 1. The van der Waals surface area contributed by atoms with E-state index in [1.807, 2.05) is 40.8 Å². The Kier molecular flexibility index (Phi) is 22.2. The molecule has 1 aromatic carbocycles. The van der Waals surface area contributed by atoms with E-state index in [4.69, 9.17) is 43.2 Å². The van der Waals surface area contributed by atoms with Crippen LogP contribution >= 0.6 is 0 Å². The van der Waals surface area contributed by atoms with E-state index in [2.05, 4.69) is 73.2 Å². The van der Waals surface area contributed by atoms with Crippen LogP contribution in [0.1, 0.15) is 134 Å². The largest absolute Gasteiger partial charge is 0.459 e. The second-order valence-electron chi connectivity index (χ2n) is 24.0. The molecule has 0 saturated carbocycles. The SMILES string of the molecule is CC[C@H]1OC(=O)[C@H](C)[C@@H](O[C@H]2C[C@@](C)(OC)[C@@H](O)[C@H](C)O2)[C@H](C)[C@@H](O[C@@H]2O[C@H](C)C[C@H](N(C)Cc3ccc(C(C)(C)C)cc3)[C@H]2O)[C@@](C)(OC)C[C@@H](C)/C(=N\OC/C=C/CN2CCNC(C)C2)[C@H](C)[C@@H](O)[C@]1(C)O. The van der Waals surface area contributed by atoms with Crippen molar-refractivity contribution in [2.75, 3.05) is 54.1 Å². The normalized spacial score (nSPS) is 41.3. The zero-order valence-corrected chi connectivity index (χ0v) is 48.1. The first kappa shape index (κ1) is 62.2. The molecule has 4 saturated heterocycles. The number of carbonyl (C=O) groups is 1. The molecule has 1 aromatic rings. The summed E-state index contributed by atoms with van der Waals surface area (Å²) >= 11 is 0. The maximum absolute atomic E-state index is 14.7. The van der Waals surface area contributed by atoms with E-state index in [-0.39, 0.29) is 43.4 Å². The zero-order chi connectivity index (χ0) is 55.1. The van der Waals surface area contributed by atoms with Crippen molar-refractivity contribution in [3.05, 3.63) is 47.5 Å². The number of benzene rings is 1. The highest BCUT2D eigenvalue weighted by Crippen LogP contribution is 2.42. The van der Waals surface area contributed by atoms with Crippen LogP contribution in [0.25, 0.3) is 0 Å². The van der Waals surface area contributed by atoms with Crippen molar-refractivity contribution in [2.45, 2.75) is 225 Å². The molecule has 0 amide bonds. The van der Waals surface area contributed by atoms with Gasteiger partial charge in [0.25, 0.3) is 0 Å². The van der Waals surface area contributed by atoms with Crippen LogP contribution in [0.5, 0.6) is 0 Å². The standard InChI is InChI=1S/C57H98N4O13/c1-18-44-57(14,66)49(63)37(5)46(59-69-28-20-19-26-61-27-25-58-35(3)32-61)34(2)30-56(13,68-17)51(38(6)48(39(7)52(65)72-44)73-45-31-55(12,67-16)50(64)40(8)71-45)74-53-47(62)43(29-36(4)70-53)60(15)33-41-21-23-42(24-22-41)54(9,10)11/h19-24,34-40,43-45,47-51,53,58,62-64,66H,18,25-33H2,1-17H3/b20-19+,59-46+/t34-,35?,36-,37+,38+,39-,40+,43+,44-,45+,47-,48+,49-,50+,51-,53+,55-,56+,57-/m1/s1. The van der Waals surface area contributed by atoms with Gasteiger partial charge >= 0.3 is 5.97 Å². The Hall–Kier alpha value is -2.62. The molecule has 0 bridgehead atoms. The van der Waals surface area contributed by atoms with Gasteiger partial charge in [0.1, 0.15) is 30.5 Å². The van der Waals surface area contributed by atoms with Crippen molar-refractivity contribution in [3.63, 3.8) is 0 Å². The Morgan fingerprint density at radius 1 is 0.905 bits per heavy atom. The lowest BCUT2D eigenvalue weighted by Crippen LogP contribution is -2.61. The number of nitrogens with zero attached hydrogens (tertiary/aromatic N) is 3. The van der Waals surface area contributed by atoms with Crippen LogP contribution in [-0.2, 0) is 54.7 Å². The minimum absolute atomic E-state index is 0.0118. The fraction of sp³-hybridized carbons (Fsp3) is 0.825. The zero-order valence-electron chi connectivity index (χ0n) is 48.1. The molecule has 17 heteroatoms. The highest BCUT2D eigenvalue weighted by molar-refractivity contribution is 5.88. The number of rotatable bonds is 15. The summed E-state index contributed by atoms with van der Waals surface area (Å²) in [5.74, 6) is -3.71. The summed E-state index contributed by atoms with van der Waals surface area (Å²) < 4.78 is 45.8. The fourth-order valence-corrected chi connectivity index (χ4v) is 11.8. The number of methoxy groups -OCH3 is 2. The molecule has 4 heterocycles. The van der Waals surface area contributed by atoms with Gasteiger partial charge in [0.2, 0.25) is 0 Å². The van der Waals surface area contributed by atoms with Gasteiger partial charge in [0, 0.05) is 83.2 Å². The van der Waals surface area contributed by atoms with Gasteiger partial charge in [-0.3, -0.25) is 14.6 Å². The second-order valence-corrected chi connectivity index (χ2v) is 24.0. The van der Waals surface area contributed by atoms with Crippen LogP contribution in [0, 0.1) is 23.7 Å². The van der Waals surface area contributed by atoms with Gasteiger partial charge in [-0.25, -0.2) is 0 Å². The minimum Gasteiger partial charge on any atom is -0.459 e. The summed E-state index contributed by atoms with van der Waals surface area (Å²) in [6.07, 6.45) is -4.75. The molecule has 5 N–H and O–H groups in total. The molecule has 0 aromatic heterocycles. The summed E-state index contributed by atoms with van der Waals surface area (Å²) in [5, 5.41) is 56.3. The lowest BCUT2D eigenvalue weighted by Gasteiger charge is -2.50. The Morgan fingerprint density at radius 3 is 2.18 bits per heavy atom. The van der Waals surface area contributed by atoms with Crippen LogP contribution in [0.2, 0.25) is 0 Å². The smallest absolute Gasteiger partial charge is 0.311 e. The van der Waals surface area contributed by atoms with Gasteiger partial charge in [0.05, 0.1) is 53.4 Å². The average molecular weight is 1050 g/mol. The number of esters is 1. The number of aliphatic hydroxyl groups excluding tert-OH is 3. The molecule has 424 valence electrons. The van der Waals surface area contributed by atoms with Gasteiger partial charge < -0.3 is 63.7 Å². The van der Waals surface area contributed by atoms with Crippen molar-refractivity contribution < 1.29 is 63.2 Å². The number of hydrogen-bond donors (Lipinski definition) is 5. The molecule has 4 aliphatic heterocycles. The quantitative estimate of drug-likeness (QED) is 0.0596. The van der Waals surface area contributed by atoms with E-state index >= 15 is 0 Å². The lowest BCUT2D eigenvalue weighted by atomic mass is 9.73. The number of hydrogen-bond acceptors (Lipinski definition) is 17. The van der Waals surface area contributed by atoms with Crippen LogP contribution in [0.3, 0.4) is 0 Å². The van der Waals surface area contributed by atoms with Gasteiger partial charge in [-0.05, 0) is 97.4 Å². The van der Waals surface area contributed by atoms with E-state index < -0.39 is 102 Å². The first-order chi connectivity index (χ1) is 34.6. The van der Waals surface area contributed by atoms with E-state index in [9.17, 15) is 25.2 Å². The van der Waals surface area contributed by atoms with Crippen LogP contribution in [-0.4, -0.2) is 186 Å². The number of piperazine rings is 1. The molecule has 0 radical (unpaired) electrons. The molecule has 0 aliphatic carbocycles. The molecule has 0 spiro atoms. The third-order valence-electron chi connectivity index (χ3n) is 16.8. The molecule has 4 fully saturated rings. The Labute approximate surface area is 443 Å². The summed E-state index contributed by atoms with van der Waals surface area (Å²) in [7, 11) is 5.13. The van der Waals surface area contributed by atoms with E-state index in [0.29, 0.717) is 24.7 Å². The molecular weight excluding hydrogens is 949 g/mol. The molecular formula is C57H98N4O13. The van der Waals surface area contributed by atoms with Crippen molar-refractivity contribution in [1.82, 2.24) is 15.1 Å². The average Bonchev–Trinajstić information content (AvgIpc) is 3.34. The third-order valence-corrected chi connectivity index (χ3v) is 16.8.